The van der Waals surface area contributed by atoms with Crippen molar-refractivity contribution in [1.82, 2.24) is 19.7 Å². The Labute approximate surface area is 162 Å². The molecule has 1 N–H and O–H groups in total. The van der Waals surface area contributed by atoms with Crippen LogP contribution in [-0.4, -0.2) is 51.0 Å². The SMILES string of the molecule is CC(=O)Nc1nc(N2C3CCC2COC3)c2ccc(-c3cnn(C)c3)cc2n1. The number of amides is 1. The van der Waals surface area contributed by atoms with Crippen molar-refractivity contribution in [2.24, 2.45) is 7.05 Å². The van der Waals surface area contributed by atoms with Crippen LogP contribution >= 0.6 is 0 Å². The molecule has 2 fully saturated rings. The zero-order chi connectivity index (χ0) is 19.3. The normalized spacial score (nSPS) is 21.3. The molecule has 2 unspecified atom stereocenters. The van der Waals surface area contributed by atoms with E-state index in [2.05, 4.69) is 32.4 Å². The lowest BCUT2D eigenvalue weighted by atomic mass is 10.1. The number of nitrogens with zero attached hydrogens (tertiary/aromatic N) is 5. The smallest absolute Gasteiger partial charge is 0.231 e. The van der Waals surface area contributed by atoms with Gasteiger partial charge >= 0.3 is 0 Å². The van der Waals surface area contributed by atoms with Crippen molar-refractivity contribution in [3.8, 4) is 11.1 Å². The standard InChI is InChI=1S/C20H22N6O2/c1-12(27)22-20-23-18-7-13(14-8-21-25(2)9-14)3-6-17(18)19(24-20)26-15-4-5-16(26)11-28-10-15/h3,6-9,15-16H,4-5,10-11H2,1-2H3,(H,22,23,24,27). The molecular weight excluding hydrogens is 356 g/mol. The third-order valence-corrected chi connectivity index (χ3v) is 5.49. The third-order valence-electron chi connectivity index (χ3n) is 5.49. The molecule has 8 nitrogen and oxygen atoms in total. The number of morpholine rings is 1. The molecule has 2 bridgehead atoms. The van der Waals surface area contributed by atoms with Crippen LogP contribution in [0.5, 0.6) is 0 Å². The minimum absolute atomic E-state index is 0.182. The lowest BCUT2D eigenvalue weighted by Gasteiger charge is -2.36. The number of aryl methyl sites for hydroxylation is 1. The van der Waals surface area contributed by atoms with E-state index in [1.807, 2.05) is 25.5 Å². The van der Waals surface area contributed by atoms with Gasteiger partial charge in [-0.3, -0.25) is 14.8 Å². The fourth-order valence-electron chi connectivity index (χ4n) is 4.25. The van der Waals surface area contributed by atoms with Crippen LogP contribution < -0.4 is 10.2 Å². The molecule has 2 aliphatic heterocycles. The summed E-state index contributed by atoms with van der Waals surface area (Å²) >= 11 is 0. The fourth-order valence-corrected chi connectivity index (χ4v) is 4.25. The number of ether oxygens (including phenoxy) is 1. The molecule has 0 aliphatic carbocycles. The lowest BCUT2D eigenvalue weighted by Crippen LogP contribution is -2.46. The van der Waals surface area contributed by atoms with Crippen molar-refractivity contribution < 1.29 is 9.53 Å². The van der Waals surface area contributed by atoms with Crippen LogP contribution in [-0.2, 0) is 16.6 Å². The van der Waals surface area contributed by atoms with Gasteiger partial charge in [-0.2, -0.15) is 10.1 Å². The molecule has 2 saturated heterocycles. The van der Waals surface area contributed by atoms with Crippen molar-refractivity contribution in [3.05, 3.63) is 30.6 Å². The van der Waals surface area contributed by atoms with Gasteiger partial charge < -0.3 is 9.64 Å². The summed E-state index contributed by atoms with van der Waals surface area (Å²) in [5, 5.41) is 7.99. The number of carbonyl (C=O) groups is 1. The first-order chi connectivity index (χ1) is 13.6. The molecule has 4 heterocycles. The molecule has 144 valence electrons. The maximum atomic E-state index is 11.6. The van der Waals surface area contributed by atoms with Crippen LogP contribution in [0.2, 0.25) is 0 Å². The Morgan fingerprint density at radius 3 is 2.64 bits per heavy atom. The van der Waals surface area contributed by atoms with Gasteiger partial charge in [0.15, 0.2) is 0 Å². The first kappa shape index (κ1) is 17.1. The third kappa shape index (κ3) is 2.90. The quantitative estimate of drug-likeness (QED) is 0.753. The lowest BCUT2D eigenvalue weighted by molar-refractivity contribution is -0.114. The highest BCUT2D eigenvalue weighted by atomic mass is 16.5. The van der Waals surface area contributed by atoms with Crippen LogP contribution in [0.25, 0.3) is 22.0 Å². The van der Waals surface area contributed by atoms with Gasteiger partial charge in [0.1, 0.15) is 5.82 Å². The van der Waals surface area contributed by atoms with Crippen molar-refractivity contribution in [1.29, 1.82) is 0 Å². The van der Waals surface area contributed by atoms with Crippen LogP contribution in [0.1, 0.15) is 19.8 Å². The Morgan fingerprint density at radius 1 is 1.18 bits per heavy atom. The molecule has 0 spiro atoms. The molecule has 2 atom stereocenters. The largest absolute Gasteiger partial charge is 0.377 e. The summed E-state index contributed by atoms with van der Waals surface area (Å²) in [6.45, 7) is 2.90. The van der Waals surface area contributed by atoms with Gasteiger partial charge in [-0.05, 0) is 30.5 Å². The van der Waals surface area contributed by atoms with Crippen LogP contribution in [0.15, 0.2) is 30.6 Å². The summed E-state index contributed by atoms with van der Waals surface area (Å²) < 4.78 is 7.51. The summed E-state index contributed by atoms with van der Waals surface area (Å²) in [6, 6.07) is 6.82. The monoisotopic (exact) mass is 378 g/mol. The molecule has 5 rings (SSSR count). The second kappa shape index (κ2) is 6.56. The Hall–Kier alpha value is -3.00. The van der Waals surface area contributed by atoms with Crippen LogP contribution in [0.3, 0.4) is 0 Å². The van der Waals surface area contributed by atoms with Crippen LogP contribution in [0, 0.1) is 0 Å². The van der Waals surface area contributed by atoms with Gasteiger partial charge in [0, 0.05) is 31.1 Å². The summed E-state index contributed by atoms with van der Waals surface area (Å²) in [6.07, 6.45) is 6.00. The summed E-state index contributed by atoms with van der Waals surface area (Å²) in [4.78, 5) is 23.3. The summed E-state index contributed by atoms with van der Waals surface area (Å²) in [5.41, 5.74) is 2.86. The van der Waals surface area contributed by atoms with Crippen molar-refractivity contribution in [2.75, 3.05) is 23.4 Å². The van der Waals surface area contributed by atoms with E-state index in [4.69, 9.17) is 9.72 Å². The van der Waals surface area contributed by atoms with Gasteiger partial charge in [0.2, 0.25) is 11.9 Å². The summed E-state index contributed by atoms with van der Waals surface area (Å²) in [5.74, 6) is 1.03. The number of aromatic nitrogens is 4. The molecule has 8 heteroatoms. The van der Waals surface area contributed by atoms with E-state index in [-0.39, 0.29) is 5.91 Å². The van der Waals surface area contributed by atoms with Crippen LogP contribution in [0.4, 0.5) is 11.8 Å². The van der Waals surface area contributed by atoms with E-state index < -0.39 is 0 Å². The number of hydrogen-bond donors (Lipinski definition) is 1. The second-order valence-electron chi connectivity index (χ2n) is 7.52. The van der Waals surface area contributed by atoms with E-state index in [1.165, 1.54) is 6.92 Å². The number of rotatable bonds is 3. The van der Waals surface area contributed by atoms with E-state index >= 15 is 0 Å². The molecule has 2 aromatic heterocycles. The highest BCUT2D eigenvalue weighted by Gasteiger charge is 2.39. The highest BCUT2D eigenvalue weighted by molar-refractivity contribution is 5.95. The average molecular weight is 378 g/mol. The van der Waals surface area contributed by atoms with Gasteiger partial charge in [-0.15, -0.1) is 0 Å². The minimum atomic E-state index is -0.182. The Bertz CT molecular complexity index is 1050. The van der Waals surface area contributed by atoms with Crippen molar-refractivity contribution >= 4 is 28.6 Å². The van der Waals surface area contributed by atoms with Gasteiger partial charge in [-0.25, -0.2) is 4.98 Å². The first-order valence-electron chi connectivity index (χ1n) is 9.53. The number of fused-ring (bicyclic) bond motifs is 3. The Kier molecular flexibility index (Phi) is 4.01. The van der Waals surface area contributed by atoms with Gasteiger partial charge in [-0.1, -0.05) is 6.07 Å². The average Bonchev–Trinajstić information content (AvgIpc) is 3.20. The Balaban J connectivity index is 1.66. The van der Waals surface area contributed by atoms with Crippen molar-refractivity contribution in [2.45, 2.75) is 31.8 Å². The number of anilines is 2. The number of nitrogens with one attached hydrogen (secondary N) is 1. The maximum absolute atomic E-state index is 11.6. The molecular formula is C20H22N6O2. The van der Waals surface area contributed by atoms with E-state index in [1.54, 1.807) is 4.68 Å². The molecule has 0 saturated carbocycles. The molecule has 1 aromatic carbocycles. The minimum Gasteiger partial charge on any atom is -0.377 e. The molecule has 3 aromatic rings. The van der Waals surface area contributed by atoms with Gasteiger partial charge in [0.25, 0.3) is 0 Å². The van der Waals surface area contributed by atoms with Crippen molar-refractivity contribution in [3.63, 3.8) is 0 Å². The van der Waals surface area contributed by atoms with E-state index in [0.717, 1.165) is 40.7 Å². The molecule has 2 aliphatic rings. The molecule has 0 radical (unpaired) electrons. The number of benzene rings is 1. The zero-order valence-electron chi connectivity index (χ0n) is 15.9. The fraction of sp³-hybridized carbons (Fsp3) is 0.400. The van der Waals surface area contributed by atoms with E-state index in [0.29, 0.717) is 31.2 Å². The highest BCUT2D eigenvalue weighted by Crippen LogP contribution is 2.37. The van der Waals surface area contributed by atoms with Gasteiger partial charge in [0.05, 0.1) is 37.0 Å². The Morgan fingerprint density at radius 2 is 1.96 bits per heavy atom. The predicted molar refractivity (Wildman–Crippen MR) is 106 cm³/mol. The zero-order valence-corrected chi connectivity index (χ0v) is 15.9. The first-order valence-corrected chi connectivity index (χ1v) is 9.53. The number of hydrogen-bond acceptors (Lipinski definition) is 6. The molecule has 28 heavy (non-hydrogen) atoms. The van der Waals surface area contributed by atoms with E-state index in [9.17, 15) is 4.79 Å². The summed E-state index contributed by atoms with van der Waals surface area (Å²) in [7, 11) is 1.90. The number of carbonyl (C=O) groups excluding carboxylic acids is 1. The topological polar surface area (TPSA) is 85.2 Å². The predicted octanol–water partition coefficient (Wildman–Crippen LogP) is 2.36. The maximum Gasteiger partial charge on any atom is 0.231 e. The second-order valence-corrected chi connectivity index (χ2v) is 7.52. The molecule has 1 amide bonds.